The van der Waals surface area contributed by atoms with Gasteiger partial charge in [-0.25, -0.2) is 14.6 Å². The number of carbonyl (C=O) groups is 2. The predicted octanol–water partition coefficient (Wildman–Crippen LogP) is 2.93. The number of piperidine rings is 1. The molecule has 8 heteroatoms. The number of nitrogens with zero attached hydrogens (tertiary/aromatic N) is 2. The summed E-state index contributed by atoms with van der Waals surface area (Å²) in [7, 11) is 0. The highest BCUT2D eigenvalue weighted by molar-refractivity contribution is 5.89. The van der Waals surface area contributed by atoms with Crippen molar-refractivity contribution in [3.63, 3.8) is 0 Å². The van der Waals surface area contributed by atoms with Crippen molar-refractivity contribution in [1.82, 2.24) is 14.9 Å². The maximum absolute atomic E-state index is 9.55. The molecule has 0 amide bonds. The Morgan fingerprint density at radius 3 is 2.43 bits per heavy atom. The zero-order valence-electron chi connectivity index (χ0n) is 16.5. The number of carboxylic acids is 2. The van der Waals surface area contributed by atoms with Crippen molar-refractivity contribution in [2.45, 2.75) is 25.8 Å². The fraction of sp³-hybridized carbons (Fsp3) is 0.318. The minimum atomic E-state index is -1.26. The molecule has 4 rings (SSSR count). The van der Waals surface area contributed by atoms with Crippen LogP contribution in [0.2, 0.25) is 0 Å². The maximum atomic E-state index is 9.55. The number of fused-ring (bicyclic) bond motifs is 1. The van der Waals surface area contributed by atoms with Gasteiger partial charge in [0.2, 0.25) is 0 Å². The topological polar surface area (TPSA) is 118 Å². The van der Waals surface area contributed by atoms with Crippen LogP contribution in [0.4, 0.5) is 0 Å². The lowest BCUT2D eigenvalue weighted by Crippen LogP contribution is -2.29. The third-order valence-corrected chi connectivity index (χ3v) is 4.93. The van der Waals surface area contributed by atoms with Crippen LogP contribution in [0.3, 0.4) is 0 Å². The Bertz CT molecular complexity index is 985. The molecular weight excluding hydrogens is 386 g/mol. The number of aliphatic carboxylic acids is 2. The second-order valence-electron chi connectivity index (χ2n) is 7.09. The summed E-state index contributed by atoms with van der Waals surface area (Å²) in [4.78, 5) is 24.0. The number of carboxylic acid groups (broad SMARTS) is 2. The molecule has 1 saturated heterocycles. The van der Waals surface area contributed by atoms with E-state index in [9.17, 15) is 9.59 Å². The molecule has 0 radical (unpaired) electrons. The Hall–Kier alpha value is -3.39. The van der Waals surface area contributed by atoms with Crippen LogP contribution in [0.15, 0.2) is 59.2 Å². The first kappa shape index (κ1) is 21.3. The van der Waals surface area contributed by atoms with Gasteiger partial charge in [-0.1, -0.05) is 12.1 Å². The number of hydrogen-bond donors (Lipinski definition) is 3. The van der Waals surface area contributed by atoms with Gasteiger partial charge in [-0.2, -0.15) is 0 Å². The largest absolute Gasteiger partial charge is 0.478 e. The summed E-state index contributed by atoms with van der Waals surface area (Å²) in [5.74, 6) is 0.382. The summed E-state index contributed by atoms with van der Waals surface area (Å²) in [5.41, 5.74) is 2.28. The molecule has 30 heavy (non-hydrogen) atoms. The van der Waals surface area contributed by atoms with Crippen LogP contribution in [0.1, 0.15) is 24.4 Å². The van der Waals surface area contributed by atoms with Gasteiger partial charge in [-0.05, 0) is 56.1 Å². The van der Waals surface area contributed by atoms with Crippen LogP contribution < -0.4 is 5.32 Å². The lowest BCUT2D eigenvalue weighted by atomic mass is 9.94. The van der Waals surface area contributed by atoms with Crippen LogP contribution in [-0.4, -0.2) is 44.8 Å². The third-order valence-electron chi connectivity index (χ3n) is 4.93. The number of hydrogen-bond acceptors (Lipinski definition) is 5. The monoisotopic (exact) mass is 411 g/mol. The number of benzene rings is 1. The van der Waals surface area contributed by atoms with Gasteiger partial charge in [0.15, 0.2) is 0 Å². The van der Waals surface area contributed by atoms with Gasteiger partial charge >= 0.3 is 11.9 Å². The van der Waals surface area contributed by atoms with E-state index in [-0.39, 0.29) is 0 Å². The van der Waals surface area contributed by atoms with E-state index in [0.717, 1.165) is 43.2 Å². The summed E-state index contributed by atoms with van der Waals surface area (Å²) in [5, 5.41) is 19.1. The zero-order valence-corrected chi connectivity index (χ0v) is 16.5. The minimum Gasteiger partial charge on any atom is -0.478 e. The number of furan rings is 1. The van der Waals surface area contributed by atoms with Crippen LogP contribution in [0.5, 0.6) is 0 Å². The lowest BCUT2D eigenvalue weighted by molar-refractivity contribution is -0.134. The quantitative estimate of drug-likeness (QED) is 0.534. The van der Waals surface area contributed by atoms with Crippen molar-refractivity contribution in [2.24, 2.45) is 5.92 Å². The molecule has 0 bridgehead atoms. The first-order valence-electron chi connectivity index (χ1n) is 9.84. The van der Waals surface area contributed by atoms with Crippen LogP contribution in [0, 0.1) is 5.92 Å². The molecular formula is C22H25N3O5. The molecule has 3 N–H and O–H groups in total. The molecule has 0 saturated carbocycles. The van der Waals surface area contributed by atoms with Gasteiger partial charge in [0.25, 0.3) is 0 Å². The second kappa shape index (κ2) is 10.4. The van der Waals surface area contributed by atoms with E-state index in [1.54, 1.807) is 6.26 Å². The van der Waals surface area contributed by atoms with Crippen molar-refractivity contribution >= 4 is 23.0 Å². The molecule has 1 fully saturated rings. The molecule has 0 aliphatic carbocycles. The van der Waals surface area contributed by atoms with E-state index in [4.69, 9.17) is 19.6 Å². The Labute approximate surface area is 173 Å². The van der Waals surface area contributed by atoms with Crippen molar-refractivity contribution in [3.05, 3.63) is 66.4 Å². The summed E-state index contributed by atoms with van der Waals surface area (Å²) in [6, 6.07) is 12.4. The summed E-state index contributed by atoms with van der Waals surface area (Å²) in [6.07, 6.45) is 6.39. The van der Waals surface area contributed by atoms with Crippen molar-refractivity contribution in [3.8, 4) is 0 Å². The molecule has 158 valence electrons. The number of imidazole rings is 1. The molecule has 0 unspecified atom stereocenters. The van der Waals surface area contributed by atoms with Gasteiger partial charge in [0.1, 0.15) is 11.6 Å². The highest BCUT2D eigenvalue weighted by Crippen LogP contribution is 2.23. The van der Waals surface area contributed by atoms with E-state index in [1.165, 1.54) is 24.2 Å². The normalized spacial score (nSPS) is 14.5. The van der Waals surface area contributed by atoms with Crippen LogP contribution in [-0.2, 0) is 22.6 Å². The standard InChI is InChI=1S/C18H21N3O.C4H4O4/c1-2-6-17-16(5-1)20-18(12-14-7-9-19-10-8-14)21(17)13-15-4-3-11-22-15;5-3(6)1-2-4(7)8/h1-6,11,14,19H,7-10,12-13H2;1-2H,(H,5,6)(H,7,8)/b;2-1+. The summed E-state index contributed by atoms with van der Waals surface area (Å²) >= 11 is 0. The fourth-order valence-electron chi connectivity index (χ4n) is 3.50. The predicted molar refractivity (Wildman–Crippen MR) is 111 cm³/mol. The van der Waals surface area contributed by atoms with E-state index in [2.05, 4.69) is 34.1 Å². The van der Waals surface area contributed by atoms with E-state index in [1.807, 2.05) is 12.1 Å². The highest BCUT2D eigenvalue weighted by atomic mass is 16.4. The molecule has 1 aromatic carbocycles. The van der Waals surface area contributed by atoms with Gasteiger partial charge in [0.05, 0.1) is 23.8 Å². The van der Waals surface area contributed by atoms with E-state index >= 15 is 0 Å². The molecule has 1 aliphatic heterocycles. The second-order valence-corrected chi connectivity index (χ2v) is 7.09. The Balaban J connectivity index is 0.000000275. The first-order chi connectivity index (χ1) is 14.5. The van der Waals surface area contributed by atoms with Gasteiger partial charge < -0.3 is 24.5 Å². The molecule has 0 spiro atoms. The molecule has 2 aromatic heterocycles. The van der Waals surface area contributed by atoms with Crippen molar-refractivity contribution in [1.29, 1.82) is 0 Å². The summed E-state index contributed by atoms with van der Waals surface area (Å²) < 4.78 is 7.86. The number of rotatable bonds is 6. The number of aromatic nitrogens is 2. The maximum Gasteiger partial charge on any atom is 0.328 e. The Morgan fingerprint density at radius 2 is 1.80 bits per heavy atom. The first-order valence-corrected chi connectivity index (χ1v) is 9.84. The highest BCUT2D eigenvalue weighted by Gasteiger charge is 2.18. The van der Waals surface area contributed by atoms with Crippen molar-refractivity contribution < 1.29 is 24.2 Å². The molecule has 0 atom stereocenters. The Morgan fingerprint density at radius 1 is 1.10 bits per heavy atom. The molecule has 1 aliphatic rings. The smallest absolute Gasteiger partial charge is 0.328 e. The fourth-order valence-corrected chi connectivity index (χ4v) is 3.50. The van der Waals surface area contributed by atoms with Gasteiger partial charge in [-0.3, -0.25) is 0 Å². The van der Waals surface area contributed by atoms with Gasteiger partial charge in [-0.15, -0.1) is 0 Å². The SMILES string of the molecule is O=C(O)/C=C/C(=O)O.c1coc(Cn2c(CC3CCNCC3)nc3ccccc32)c1. The molecule has 3 aromatic rings. The number of nitrogens with one attached hydrogen (secondary N) is 1. The van der Waals surface area contributed by atoms with Gasteiger partial charge in [0, 0.05) is 18.6 Å². The average Bonchev–Trinajstić information content (AvgIpc) is 3.37. The van der Waals surface area contributed by atoms with E-state index in [0.29, 0.717) is 12.2 Å². The summed E-state index contributed by atoms with van der Waals surface area (Å²) in [6.45, 7) is 3.01. The third kappa shape index (κ3) is 6.05. The molecule has 3 heterocycles. The zero-order chi connectivity index (χ0) is 21.3. The average molecular weight is 411 g/mol. The van der Waals surface area contributed by atoms with Crippen LogP contribution >= 0.6 is 0 Å². The van der Waals surface area contributed by atoms with Crippen LogP contribution in [0.25, 0.3) is 11.0 Å². The molecule has 8 nitrogen and oxygen atoms in total. The van der Waals surface area contributed by atoms with E-state index < -0.39 is 11.9 Å². The Kier molecular flexibility index (Phi) is 7.40. The van der Waals surface area contributed by atoms with Crippen molar-refractivity contribution in [2.75, 3.05) is 13.1 Å². The lowest BCUT2D eigenvalue weighted by Gasteiger charge is -2.22. The minimum absolute atomic E-state index is 0.558. The number of para-hydroxylation sites is 2.